The molecule has 2 aliphatic carbocycles. The Bertz CT molecular complexity index is 1010. The van der Waals surface area contributed by atoms with E-state index in [1.54, 1.807) is 18.2 Å². The molecule has 0 bridgehead atoms. The number of thiophene rings is 1. The molecule has 158 valence electrons. The first-order valence-electron chi connectivity index (χ1n) is 10.1. The number of carbonyl (C=O) groups excluding carboxylic acids is 3. The van der Waals surface area contributed by atoms with Crippen LogP contribution in [0.1, 0.15) is 58.5 Å². The quantitative estimate of drug-likeness (QED) is 0.686. The largest absolute Gasteiger partial charge is 0.455 e. The lowest BCUT2D eigenvalue weighted by Gasteiger charge is -2.27. The van der Waals surface area contributed by atoms with E-state index in [0.717, 1.165) is 42.5 Å². The summed E-state index contributed by atoms with van der Waals surface area (Å²) in [6.07, 6.45) is 5.13. The van der Waals surface area contributed by atoms with E-state index < -0.39 is 35.6 Å². The number of nitrogens with one attached hydrogen (secondary N) is 1. The van der Waals surface area contributed by atoms with Crippen LogP contribution >= 0.6 is 11.3 Å². The Hall–Kier alpha value is -2.74. The maximum absolute atomic E-state index is 14.4. The average Bonchev–Trinajstić information content (AvgIpc) is 3.42. The molecule has 6 nitrogen and oxygen atoms in total. The summed E-state index contributed by atoms with van der Waals surface area (Å²) in [5.41, 5.74) is 6.02. The van der Waals surface area contributed by atoms with Gasteiger partial charge in [-0.15, -0.1) is 11.3 Å². The van der Waals surface area contributed by atoms with Crippen LogP contribution in [-0.2, 0) is 32.6 Å². The first kappa shape index (κ1) is 20.5. The topological polar surface area (TPSA) is 98.5 Å². The van der Waals surface area contributed by atoms with E-state index in [0.29, 0.717) is 29.0 Å². The highest BCUT2D eigenvalue weighted by molar-refractivity contribution is 7.17. The summed E-state index contributed by atoms with van der Waals surface area (Å²) >= 11 is 1.34. The number of carbonyl (C=O) groups is 3. The zero-order chi connectivity index (χ0) is 21.3. The van der Waals surface area contributed by atoms with Gasteiger partial charge in [0.2, 0.25) is 0 Å². The molecular formula is C22H23FN2O4S. The van der Waals surface area contributed by atoms with Crippen molar-refractivity contribution in [2.45, 2.75) is 50.4 Å². The van der Waals surface area contributed by atoms with Crippen LogP contribution in [0, 0.1) is 5.82 Å². The van der Waals surface area contributed by atoms with Gasteiger partial charge in [0.25, 0.3) is 11.8 Å². The number of esters is 1. The predicted octanol–water partition coefficient (Wildman–Crippen LogP) is 3.47. The molecule has 0 spiro atoms. The van der Waals surface area contributed by atoms with Crippen molar-refractivity contribution >= 4 is 34.1 Å². The van der Waals surface area contributed by atoms with Crippen LogP contribution < -0.4 is 11.1 Å². The molecule has 1 fully saturated rings. The lowest BCUT2D eigenvalue weighted by molar-refractivity contribution is -0.153. The number of aryl methyl sites for hydroxylation is 1. The second kappa shape index (κ2) is 8.18. The number of rotatable bonds is 6. The SMILES string of the molecule is NC(=O)c1c(NC(=O)COC(=O)C2(c3ccccc3F)CCCC2)sc2c1CCC2. The highest BCUT2D eigenvalue weighted by Gasteiger charge is 2.46. The molecule has 0 saturated heterocycles. The molecule has 2 aliphatic rings. The van der Waals surface area contributed by atoms with Gasteiger partial charge in [-0.2, -0.15) is 0 Å². The molecule has 1 saturated carbocycles. The van der Waals surface area contributed by atoms with Crippen molar-refractivity contribution in [1.82, 2.24) is 0 Å². The third-order valence-electron chi connectivity index (χ3n) is 5.99. The first-order chi connectivity index (χ1) is 14.4. The van der Waals surface area contributed by atoms with Gasteiger partial charge < -0.3 is 15.8 Å². The van der Waals surface area contributed by atoms with Crippen molar-refractivity contribution < 1.29 is 23.5 Å². The minimum absolute atomic E-state index is 0.318. The molecule has 0 atom stereocenters. The predicted molar refractivity (Wildman–Crippen MR) is 111 cm³/mol. The summed E-state index contributed by atoms with van der Waals surface area (Å²) in [6.45, 7) is -0.504. The van der Waals surface area contributed by atoms with E-state index in [-0.39, 0.29) is 0 Å². The van der Waals surface area contributed by atoms with Crippen molar-refractivity contribution in [3.63, 3.8) is 0 Å². The molecular weight excluding hydrogens is 407 g/mol. The van der Waals surface area contributed by atoms with Gasteiger partial charge in [0.15, 0.2) is 6.61 Å². The molecule has 1 aromatic carbocycles. The van der Waals surface area contributed by atoms with Gasteiger partial charge in [-0.25, -0.2) is 4.39 Å². The van der Waals surface area contributed by atoms with Gasteiger partial charge in [-0.1, -0.05) is 31.0 Å². The second-order valence-corrected chi connectivity index (χ2v) is 8.92. The third-order valence-corrected chi connectivity index (χ3v) is 7.20. The number of fused-ring (bicyclic) bond motifs is 1. The molecule has 0 aliphatic heterocycles. The molecule has 3 N–H and O–H groups in total. The van der Waals surface area contributed by atoms with Gasteiger partial charge in [0.05, 0.1) is 11.0 Å². The highest BCUT2D eigenvalue weighted by atomic mass is 32.1. The van der Waals surface area contributed by atoms with Crippen molar-refractivity contribution in [1.29, 1.82) is 0 Å². The summed E-state index contributed by atoms with van der Waals surface area (Å²) in [7, 11) is 0. The van der Waals surface area contributed by atoms with Gasteiger partial charge in [0, 0.05) is 10.4 Å². The lowest BCUT2D eigenvalue weighted by Crippen LogP contribution is -2.37. The van der Waals surface area contributed by atoms with E-state index >= 15 is 0 Å². The number of ether oxygens (including phenoxy) is 1. The summed E-state index contributed by atoms with van der Waals surface area (Å²) < 4.78 is 19.7. The fourth-order valence-electron chi connectivity index (χ4n) is 4.60. The van der Waals surface area contributed by atoms with Gasteiger partial charge >= 0.3 is 5.97 Å². The molecule has 4 rings (SSSR count). The molecule has 0 unspecified atom stereocenters. The number of hydrogen-bond donors (Lipinski definition) is 2. The summed E-state index contributed by atoms with van der Waals surface area (Å²) in [6, 6.07) is 6.21. The average molecular weight is 431 g/mol. The first-order valence-corrected chi connectivity index (χ1v) is 10.9. The Morgan fingerprint density at radius 3 is 2.57 bits per heavy atom. The zero-order valence-corrected chi connectivity index (χ0v) is 17.3. The maximum atomic E-state index is 14.4. The van der Waals surface area contributed by atoms with E-state index in [1.165, 1.54) is 17.4 Å². The van der Waals surface area contributed by atoms with E-state index in [4.69, 9.17) is 10.5 Å². The molecule has 0 radical (unpaired) electrons. The van der Waals surface area contributed by atoms with Crippen LogP contribution in [0.4, 0.5) is 9.39 Å². The van der Waals surface area contributed by atoms with Crippen LogP contribution in [0.25, 0.3) is 0 Å². The van der Waals surface area contributed by atoms with E-state index in [1.807, 2.05) is 0 Å². The van der Waals surface area contributed by atoms with E-state index in [9.17, 15) is 18.8 Å². The Balaban J connectivity index is 1.46. The van der Waals surface area contributed by atoms with E-state index in [2.05, 4.69) is 5.32 Å². The summed E-state index contributed by atoms with van der Waals surface area (Å²) in [5, 5.41) is 3.06. The summed E-state index contributed by atoms with van der Waals surface area (Å²) in [4.78, 5) is 38.3. The molecule has 2 aromatic rings. The van der Waals surface area contributed by atoms with Gasteiger partial charge in [-0.3, -0.25) is 14.4 Å². The standard InChI is InChI=1S/C22H23FN2O4S/c23-15-8-2-1-7-14(15)22(10-3-4-11-22)21(28)29-12-17(26)25-20-18(19(24)27)13-6-5-9-16(13)30-20/h1-2,7-8H,3-6,9-12H2,(H2,24,27)(H,25,26). The molecule has 8 heteroatoms. The van der Waals surface area contributed by atoms with Crippen LogP contribution in [0.3, 0.4) is 0 Å². The maximum Gasteiger partial charge on any atom is 0.317 e. The van der Waals surface area contributed by atoms with Crippen LogP contribution in [-0.4, -0.2) is 24.4 Å². The van der Waals surface area contributed by atoms with Crippen molar-refractivity contribution in [3.8, 4) is 0 Å². The summed E-state index contributed by atoms with van der Waals surface area (Å²) in [5.74, 6) is -2.16. The van der Waals surface area contributed by atoms with Gasteiger partial charge in [-0.05, 0) is 43.7 Å². The zero-order valence-electron chi connectivity index (χ0n) is 16.5. The van der Waals surface area contributed by atoms with Gasteiger partial charge in [0.1, 0.15) is 10.8 Å². The van der Waals surface area contributed by atoms with Crippen LogP contribution in [0.2, 0.25) is 0 Å². The fraction of sp³-hybridized carbons (Fsp3) is 0.409. The monoisotopic (exact) mass is 430 g/mol. The molecule has 30 heavy (non-hydrogen) atoms. The second-order valence-electron chi connectivity index (χ2n) is 7.82. The molecule has 2 amide bonds. The Kier molecular flexibility index (Phi) is 5.60. The normalized spacial score (nSPS) is 16.8. The molecule has 1 aromatic heterocycles. The Morgan fingerprint density at radius 1 is 1.13 bits per heavy atom. The Labute approximate surface area is 177 Å². The minimum atomic E-state index is -1.06. The number of hydrogen-bond acceptors (Lipinski definition) is 5. The number of anilines is 1. The number of benzene rings is 1. The highest BCUT2D eigenvalue weighted by Crippen LogP contribution is 2.43. The third kappa shape index (κ3) is 3.60. The van der Waals surface area contributed by atoms with Crippen molar-refractivity contribution in [2.75, 3.05) is 11.9 Å². The van der Waals surface area contributed by atoms with Crippen LogP contribution in [0.15, 0.2) is 24.3 Å². The number of amides is 2. The van der Waals surface area contributed by atoms with Crippen molar-refractivity contribution in [3.05, 3.63) is 51.7 Å². The lowest BCUT2D eigenvalue weighted by atomic mass is 9.78. The molecule has 1 heterocycles. The minimum Gasteiger partial charge on any atom is -0.455 e. The Morgan fingerprint density at radius 2 is 1.87 bits per heavy atom. The fourth-order valence-corrected chi connectivity index (χ4v) is 5.91. The van der Waals surface area contributed by atoms with Crippen LogP contribution in [0.5, 0.6) is 0 Å². The van der Waals surface area contributed by atoms with Crippen molar-refractivity contribution in [2.24, 2.45) is 5.73 Å². The smallest absolute Gasteiger partial charge is 0.317 e. The number of halogens is 1. The number of primary amides is 1. The number of nitrogens with two attached hydrogens (primary N) is 1.